The zero-order valence-corrected chi connectivity index (χ0v) is 8.96. The Kier molecular flexibility index (Phi) is 3.72. The van der Waals surface area contributed by atoms with Crippen LogP contribution in [0, 0.1) is 5.82 Å². The van der Waals surface area contributed by atoms with E-state index in [0.717, 1.165) is 12.5 Å². The second kappa shape index (κ2) is 4.65. The van der Waals surface area contributed by atoms with E-state index in [4.69, 9.17) is 5.84 Å². The highest BCUT2D eigenvalue weighted by molar-refractivity contribution is 7.90. The van der Waals surface area contributed by atoms with Crippen LogP contribution in [-0.4, -0.2) is 25.4 Å². The third-order valence-electron chi connectivity index (χ3n) is 1.85. The highest BCUT2D eigenvalue weighted by Gasteiger charge is 2.18. The minimum Gasteiger partial charge on any atom is -0.271 e. The molecule has 0 radical (unpaired) electrons. The summed E-state index contributed by atoms with van der Waals surface area (Å²) in [6.07, 6.45) is 3.46. The van der Waals surface area contributed by atoms with Crippen molar-refractivity contribution in [2.45, 2.75) is 6.04 Å². The highest BCUT2D eigenvalue weighted by atomic mass is 32.2. The second-order valence-corrected chi connectivity index (χ2v) is 5.39. The van der Waals surface area contributed by atoms with Crippen molar-refractivity contribution in [2.24, 2.45) is 5.84 Å². The van der Waals surface area contributed by atoms with Crippen molar-refractivity contribution in [3.63, 3.8) is 0 Å². The Labute approximate surface area is 87.4 Å². The summed E-state index contributed by atoms with van der Waals surface area (Å²) in [6, 6.07) is 0.633. The van der Waals surface area contributed by atoms with Gasteiger partial charge in [-0.3, -0.25) is 16.3 Å². The van der Waals surface area contributed by atoms with Crippen LogP contribution in [-0.2, 0) is 9.84 Å². The molecular formula is C8H12FN3O2S. The van der Waals surface area contributed by atoms with Crippen molar-refractivity contribution < 1.29 is 12.8 Å². The maximum Gasteiger partial charge on any atom is 0.149 e. The van der Waals surface area contributed by atoms with Gasteiger partial charge < -0.3 is 0 Å². The first-order chi connectivity index (χ1) is 6.94. The fraction of sp³-hybridized carbons (Fsp3) is 0.375. The summed E-state index contributed by atoms with van der Waals surface area (Å²) in [4.78, 5) is 3.57. The molecule has 0 aliphatic carbocycles. The molecule has 0 bridgehead atoms. The lowest BCUT2D eigenvalue weighted by Gasteiger charge is -2.15. The second-order valence-electron chi connectivity index (χ2n) is 3.21. The monoisotopic (exact) mass is 233 g/mol. The summed E-state index contributed by atoms with van der Waals surface area (Å²) in [5.74, 6) is 4.34. The van der Waals surface area contributed by atoms with Crippen LogP contribution in [0.5, 0.6) is 0 Å². The quantitative estimate of drug-likeness (QED) is 0.554. The van der Waals surface area contributed by atoms with Crippen LogP contribution in [0.15, 0.2) is 18.5 Å². The Bertz CT molecular complexity index is 435. The molecule has 0 saturated heterocycles. The van der Waals surface area contributed by atoms with Gasteiger partial charge in [0.15, 0.2) is 0 Å². The number of sulfone groups is 1. The van der Waals surface area contributed by atoms with E-state index in [1.807, 2.05) is 0 Å². The molecular weight excluding hydrogens is 221 g/mol. The number of pyridine rings is 1. The Morgan fingerprint density at radius 1 is 1.67 bits per heavy atom. The van der Waals surface area contributed by atoms with Crippen LogP contribution in [0.1, 0.15) is 11.6 Å². The van der Waals surface area contributed by atoms with Crippen molar-refractivity contribution in [2.75, 3.05) is 12.0 Å². The molecule has 1 aromatic heterocycles. The molecule has 7 heteroatoms. The molecule has 15 heavy (non-hydrogen) atoms. The summed E-state index contributed by atoms with van der Waals surface area (Å²) in [6.45, 7) is 0. The number of hydrazine groups is 1. The first-order valence-corrected chi connectivity index (χ1v) is 6.23. The zero-order valence-electron chi connectivity index (χ0n) is 8.14. The standard InChI is InChI=1S/C8H12FN3O2S/c1-15(13,14)5-8(12-10)6-2-3-11-4-7(6)9/h2-4,8,12H,5,10H2,1H3. The molecule has 0 aliphatic heterocycles. The third kappa shape index (κ3) is 3.54. The predicted molar refractivity (Wildman–Crippen MR) is 54.0 cm³/mol. The first-order valence-electron chi connectivity index (χ1n) is 4.17. The molecule has 0 saturated carbocycles. The highest BCUT2D eigenvalue weighted by Crippen LogP contribution is 2.16. The number of nitrogens with one attached hydrogen (secondary N) is 1. The molecule has 84 valence electrons. The van der Waals surface area contributed by atoms with Crippen molar-refractivity contribution in [3.8, 4) is 0 Å². The number of nitrogens with two attached hydrogens (primary N) is 1. The van der Waals surface area contributed by atoms with Crippen molar-refractivity contribution in [3.05, 3.63) is 29.8 Å². The number of aromatic nitrogens is 1. The summed E-state index contributed by atoms with van der Waals surface area (Å²) >= 11 is 0. The minimum atomic E-state index is -3.23. The van der Waals surface area contributed by atoms with E-state index in [2.05, 4.69) is 10.4 Å². The molecule has 0 fully saturated rings. The van der Waals surface area contributed by atoms with Gasteiger partial charge in [-0.1, -0.05) is 0 Å². The molecule has 0 spiro atoms. The number of nitrogens with zero attached hydrogens (tertiary/aromatic N) is 1. The summed E-state index contributed by atoms with van der Waals surface area (Å²) in [5, 5.41) is 0. The molecule has 1 rings (SSSR count). The van der Waals surface area contributed by atoms with E-state index in [1.165, 1.54) is 12.3 Å². The lowest BCUT2D eigenvalue weighted by atomic mass is 10.1. The fourth-order valence-electron chi connectivity index (χ4n) is 1.20. The Hall–Kier alpha value is -1.05. The van der Waals surface area contributed by atoms with Crippen molar-refractivity contribution in [1.29, 1.82) is 0 Å². The molecule has 0 aliphatic rings. The lowest BCUT2D eigenvalue weighted by molar-refractivity contribution is 0.529. The number of hydrogen-bond donors (Lipinski definition) is 2. The van der Waals surface area contributed by atoms with Gasteiger partial charge >= 0.3 is 0 Å². The van der Waals surface area contributed by atoms with Gasteiger partial charge in [-0.15, -0.1) is 0 Å². The number of rotatable bonds is 4. The molecule has 3 N–H and O–H groups in total. The van der Waals surface area contributed by atoms with Gasteiger partial charge in [0.05, 0.1) is 18.0 Å². The smallest absolute Gasteiger partial charge is 0.149 e. The minimum absolute atomic E-state index is 0.193. The van der Waals surface area contributed by atoms with Gasteiger partial charge in [0.2, 0.25) is 0 Å². The van der Waals surface area contributed by atoms with E-state index in [-0.39, 0.29) is 11.3 Å². The van der Waals surface area contributed by atoms with Crippen molar-refractivity contribution in [1.82, 2.24) is 10.4 Å². The Morgan fingerprint density at radius 3 is 2.80 bits per heavy atom. The van der Waals surface area contributed by atoms with Gasteiger partial charge in [0, 0.05) is 18.0 Å². The summed E-state index contributed by atoms with van der Waals surface area (Å²) in [7, 11) is -3.23. The molecule has 1 aromatic rings. The summed E-state index contributed by atoms with van der Waals surface area (Å²) < 4.78 is 35.4. The maximum atomic E-state index is 13.2. The molecule has 0 amide bonds. The maximum absolute atomic E-state index is 13.2. The van der Waals surface area contributed by atoms with Crippen molar-refractivity contribution >= 4 is 9.84 Å². The number of hydrogen-bond acceptors (Lipinski definition) is 5. The van der Waals surface area contributed by atoms with Gasteiger partial charge in [-0.25, -0.2) is 12.8 Å². The summed E-state index contributed by atoms with van der Waals surface area (Å²) in [5.41, 5.74) is 2.46. The van der Waals surface area contributed by atoms with Crippen LogP contribution < -0.4 is 11.3 Å². The van der Waals surface area contributed by atoms with Crippen LogP contribution in [0.3, 0.4) is 0 Å². The topological polar surface area (TPSA) is 85.1 Å². The van der Waals surface area contributed by atoms with Gasteiger partial charge in [0.1, 0.15) is 15.7 Å². The normalized spacial score (nSPS) is 13.8. The SMILES string of the molecule is CS(=O)(=O)CC(NN)c1ccncc1F. The average Bonchev–Trinajstić information content (AvgIpc) is 2.14. The van der Waals surface area contributed by atoms with E-state index >= 15 is 0 Å². The van der Waals surface area contributed by atoms with Gasteiger partial charge in [-0.05, 0) is 6.07 Å². The van der Waals surface area contributed by atoms with E-state index < -0.39 is 21.7 Å². The van der Waals surface area contributed by atoms with E-state index in [1.54, 1.807) is 0 Å². The third-order valence-corrected chi connectivity index (χ3v) is 2.79. The lowest BCUT2D eigenvalue weighted by Crippen LogP contribution is -2.33. The van der Waals surface area contributed by atoms with Crippen LogP contribution in [0.4, 0.5) is 4.39 Å². The molecule has 1 unspecified atom stereocenters. The van der Waals surface area contributed by atoms with Crippen LogP contribution >= 0.6 is 0 Å². The predicted octanol–water partition coefficient (Wildman–Crippen LogP) is -0.230. The average molecular weight is 233 g/mol. The zero-order chi connectivity index (χ0) is 11.5. The van der Waals surface area contributed by atoms with Crippen LogP contribution in [0.25, 0.3) is 0 Å². The van der Waals surface area contributed by atoms with E-state index in [0.29, 0.717) is 0 Å². The fourth-order valence-corrected chi connectivity index (χ4v) is 2.08. The Balaban J connectivity index is 2.98. The van der Waals surface area contributed by atoms with E-state index in [9.17, 15) is 12.8 Å². The molecule has 1 heterocycles. The molecule has 1 atom stereocenters. The Morgan fingerprint density at radius 2 is 2.33 bits per heavy atom. The van der Waals surface area contributed by atoms with Gasteiger partial charge in [-0.2, -0.15) is 0 Å². The molecule has 5 nitrogen and oxygen atoms in total. The first kappa shape index (κ1) is 12.0. The largest absolute Gasteiger partial charge is 0.271 e. The van der Waals surface area contributed by atoms with Crippen LogP contribution in [0.2, 0.25) is 0 Å². The molecule has 0 aromatic carbocycles. The number of halogens is 1. The van der Waals surface area contributed by atoms with Gasteiger partial charge in [0.25, 0.3) is 0 Å².